The average Bonchev–Trinajstić information content (AvgIpc) is 3.28. The molecule has 0 aliphatic carbocycles. The van der Waals surface area contributed by atoms with E-state index in [-0.39, 0.29) is 11.9 Å². The Labute approximate surface area is 159 Å². The van der Waals surface area contributed by atoms with Gasteiger partial charge in [-0.3, -0.25) is 9.69 Å². The van der Waals surface area contributed by atoms with Gasteiger partial charge in [-0.25, -0.2) is 0 Å². The zero-order valence-electron chi connectivity index (χ0n) is 15.9. The minimum atomic E-state index is -0.0911. The van der Waals surface area contributed by atoms with Crippen LogP contribution in [0.1, 0.15) is 29.5 Å². The number of aromatic nitrogens is 2. The SMILES string of the molecule is CSCC[C@@H](C(=O)N1CCN(Cc2c(C)noc2C)CC1)n1cccc1. The molecule has 0 spiro atoms. The van der Waals surface area contributed by atoms with Gasteiger partial charge < -0.3 is 14.0 Å². The number of rotatable bonds is 7. The average molecular weight is 377 g/mol. The van der Waals surface area contributed by atoms with Crippen LogP contribution in [0.4, 0.5) is 0 Å². The molecule has 2 aromatic rings. The third-order valence-electron chi connectivity index (χ3n) is 5.11. The molecule has 0 radical (unpaired) electrons. The summed E-state index contributed by atoms with van der Waals surface area (Å²) in [6.45, 7) is 8.12. The largest absolute Gasteiger partial charge is 0.361 e. The fraction of sp³-hybridized carbons (Fsp3) is 0.579. The van der Waals surface area contributed by atoms with E-state index in [0.29, 0.717) is 0 Å². The first-order valence-electron chi connectivity index (χ1n) is 9.14. The third-order valence-corrected chi connectivity index (χ3v) is 5.76. The van der Waals surface area contributed by atoms with Crippen LogP contribution in [0, 0.1) is 13.8 Å². The monoisotopic (exact) mass is 376 g/mol. The maximum absolute atomic E-state index is 13.1. The number of nitrogens with zero attached hydrogens (tertiary/aromatic N) is 4. The maximum Gasteiger partial charge on any atom is 0.245 e. The normalized spacial score (nSPS) is 16.8. The fourth-order valence-electron chi connectivity index (χ4n) is 3.47. The number of carbonyl (C=O) groups excluding carboxylic acids is 1. The van der Waals surface area contributed by atoms with E-state index in [1.54, 1.807) is 11.8 Å². The summed E-state index contributed by atoms with van der Waals surface area (Å²) in [6.07, 6.45) is 6.95. The first-order chi connectivity index (χ1) is 12.6. The Hall–Kier alpha value is -1.73. The summed E-state index contributed by atoms with van der Waals surface area (Å²) >= 11 is 1.79. The van der Waals surface area contributed by atoms with Gasteiger partial charge in [-0.1, -0.05) is 5.16 Å². The van der Waals surface area contributed by atoms with Crippen LogP contribution in [0.25, 0.3) is 0 Å². The van der Waals surface area contributed by atoms with E-state index < -0.39 is 0 Å². The van der Waals surface area contributed by atoms with Crippen LogP contribution in [-0.4, -0.2) is 63.6 Å². The van der Waals surface area contributed by atoms with Gasteiger partial charge in [0, 0.05) is 50.7 Å². The van der Waals surface area contributed by atoms with Gasteiger partial charge in [0.2, 0.25) is 5.91 Å². The van der Waals surface area contributed by atoms with Crippen molar-refractivity contribution < 1.29 is 9.32 Å². The van der Waals surface area contributed by atoms with Gasteiger partial charge in [0.15, 0.2) is 0 Å². The highest BCUT2D eigenvalue weighted by molar-refractivity contribution is 7.98. The van der Waals surface area contributed by atoms with Crippen LogP contribution in [-0.2, 0) is 11.3 Å². The zero-order chi connectivity index (χ0) is 18.5. The number of thioether (sulfide) groups is 1. The number of carbonyl (C=O) groups is 1. The summed E-state index contributed by atoms with van der Waals surface area (Å²) in [7, 11) is 0. The second-order valence-corrected chi connectivity index (χ2v) is 7.82. The highest BCUT2D eigenvalue weighted by atomic mass is 32.2. The molecule has 0 bridgehead atoms. The fourth-order valence-corrected chi connectivity index (χ4v) is 3.93. The van der Waals surface area contributed by atoms with Crippen molar-refractivity contribution in [3.8, 4) is 0 Å². The molecule has 1 aliphatic heterocycles. The van der Waals surface area contributed by atoms with E-state index in [4.69, 9.17) is 4.52 Å². The molecule has 0 aromatic carbocycles. The van der Waals surface area contributed by atoms with Crippen molar-refractivity contribution in [2.75, 3.05) is 38.2 Å². The number of piperazine rings is 1. The molecule has 1 saturated heterocycles. The number of hydrogen-bond donors (Lipinski definition) is 0. The topological polar surface area (TPSA) is 54.5 Å². The lowest BCUT2D eigenvalue weighted by Crippen LogP contribution is -2.50. The molecule has 1 atom stereocenters. The predicted octanol–water partition coefficient (Wildman–Crippen LogP) is 2.73. The first-order valence-corrected chi connectivity index (χ1v) is 10.5. The summed E-state index contributed by atoms with van der Waals surface area (Å²) in [6, 6.07) is 3.88. The molecule has 0 saturated carbocycles. The minimum absolute atomic E-state index is 0.0911. The lowest BCUT2D eigenvalue weighted by atomic mass is 10.1. The van der Waals surface area contributed by atoms with E-state index in [1.807, 2.05) is 43.3 Å². The predicted molar refractivity (Wildman–Crippen MR) is 104 cm³/mol. The van der Waals surface area contributed by atoms with E-state index in [1.165, 1.54) is 5.56 Å². The quantitative estimate of drug-likeness (QED) is 0.744. The van der Waals surface area contributed by atoms with Crippen molar-refractivity contribution in [3.63, 3.8) is 0 Å². The van der Waals surface area contributed by atoms with Crippen molar-refractivity contribution in [2.45, 2.75) is 32.9 Å². The van der Waals surface area contributed by atoms with E-state index >= 15 is 0 Å². The Morgan fingerprint density at radius 2 is 1.92 bits per heavy atom. The van der Waals surface area contributed by atoms with Crippen LogP contribution in [0.2, 0.25) is 0 Å². The summed E-state index contributed by atoms with van der Waals surface area (Å²) < 4.78 is 7.31. The van der Waals surface area contributed by atoms with Crippen LogP contribution >= 0.6 is 11.8 Å². The van der Waals surface area contributed by atoms with E-state index in [2.05, 4.69) is 20.9 Å². The Kier molecular flexibility index (Phi) is 6.43. The molecule has 3 rings (SSSR count). The molecule has 2 aromatic heterocycles. The highest BCUT2D eigenvalue weighted by Crippen LogP contribution is 2.20. The van der Waals surface area contributed by atoms with Gasteiger partial charge >= 0.3 is 0 Å². The Morgan fingerprint density at radius 1 is 1.23 bits per heavy atom. The maximum atomic E-state index is 13.1. The van der Waals surface area contributed by atoms with Crippen molar-refractivity contribution in [2.24, 2.45) is 0 Å². The lowest BCUT2D eigenvalue weighted by Gasteiger charge is -2.36. The molecule has 6 nitrogen and oxygen atoms in total. The highest BCUT2D eigenvalue weighted by Gasteiger charge is 2.28. The van der Waals surface area contributed by atoms with Crippen LogP contribution in [0.3, 0.4) is 0 Å². The van der Waals surface area contributed by atoms with Crippen LogP contribution in [0.15, 0.2) is 29.0 Å². The van der Waals surface area contributed by atoms with Gasteiger partial charge in [-0.05, 0) is 44.4 Å². The van der Waals surface area contributed by atoms with Crippen LogP contribution < -0.4 is 0 Å². The van der Waals surface area contributed by atoms with Crippen molar-refractivity contribution in [1.29, 1.82) is 0 Å². The molecule has 1 amide bonds. The second-order valence-electron chi connectivity index (χ2n) is 6.83. The molecule has 1 aliphatic rings. The number of hydrogen-bond acceptors (Lipinski definition) is 5. The van der Waals surface area contributed by atoms with Gasteiger partial charge in [0.1, 0.15) is 11.8 Å². The summed E-state index contributed by atoms with van der Waals surface area (Å²) in [5.74, 6) is 2.12. The van der Waals surface area contributed by atoms with Gasteiger partial charge in [0.25, 0.3) is 0 Å². The summed E-state index contributed by atoms with van der Waals surface area (Å²) in [5, 5.41) is 4.03. The van der Waals surface area contributed by atoms with E-state index in [0.717, 1.165) is 56.4 Å². The molecule has 1 fully saturated rings. The Morgan fingerprint density at radius 3 is 2.50 bits per heavy atom. The Bertz CT molecular complexity index is 686. The zero-order valence-corrected chi connectivity index (χ0v) is 16.7. The molecular weight excluding hydrogens is 348 g/mol. The van der Waals surface area contributed by atoms with E-state index in [9.17, 15) is 4.79 Å². The number of aryl methyl sites for hydroxylation is 2. The van der Waals surface area contributed by atoms with Crippen molar-refractivity contribution >= 4 is 17.7 Å². The van der Waals surface area contributed by atoms with Crippen molar-refractivity contribution in [3.05, 3.63) is 41.5 Å². The molecule has 0 N–H and O–H groups in total. The summed E-state index contributed by atoms with van der Waals surface area (Å²) in [5.41, 5.74) is 2.14. The van der Waals surface area contributed by atoms with Crippen molar-refractivity contribution in [1.82, 2.24) is 19.5 Å². The number of amides is 1. The van der Waals surface area contributed by atoms with Gasteiger partial charge in [-0.2, -0.15) is 11.8 Å². The minimum Gasteiger partial charge on any atom is -0.361 e. The van der Waals surface area contributed by atoms with Gasteiger partial charge in [-0.15, -0.1) is 0 Å². The third kappa shape index (κ3) is 4.32. The Balaban J connectivity index is 1.58. The second kappa shape index (κ2) is 8.77. The van der Waals surface area contributed by atoms with Crippen LogP contribution in [0.5, 0.6) is 0 Å². The smallest absolute Gasteiger partial charge is 0.245 e. The molecular formula is C19H28N4O2S. The molecule has 142 valence electrons. The summed E-state index contributed by atoms with van der Waals surface area (Å²) in [4.78, 5) is 17.5. The van der Waals surface area contributed by atoms with Gasteiger partial charge in [0.05, 0.1) is 5.69 Å². The lowest BCUT2D eigenvalue weighted by molar-refractivity contribution is -0.136. The standard InChI is InChI=1S/C19H28N4O2S/c1-15-17(16(2)25-20-15)14-21-9-11-23(12-10-21)19(24)18(6-13-26-3)22-7-4-5-8-22/h4-5,7-8,18H,6,9-14H2,1-3H3/t18-/m0/s1. The molecule has 0 unspecified atom stereocenters. The molecule has 26 heavy (non-hydrogen) atoms. The molecule has 3 heterocycles. The first kappa shape index (κ1) is 19.0. The molecule has 7 heteroatoms.